The number of hydrogen-bond donors (Lipinski definition) is 4. The fraction of sp³-hybridized carbons (Fsp3) is 0.394. The zero-order valence-corrected chi connectivity index (χ0v) is 27.1. The zero-order valence-electron chi connectivity index (χ0n) is 26.2. The van der Waals surface area contributed by atoms with Gasteiger partial charge in [0.1, 0.15) is 17.2 Å². The van der Waals surface area contributed by atoms with E-state index in [1.165, 1.54) is 21.8 Å². The number of piperazine rings is 1. The van der Waals surface area contributed by atoms with Gasteiger partial charge in [0.25, 0.3) is 5.56 Å². The lowest BCUT2D eigenvalue weighted by Crippen LogP contribution is -2.47. The fourth-order valence-electron chi connectivity index (χ4n) is 5.99. The van der Waals surface area contributed by atoms with Gasteiger partial charge in [-0.15, -0.1) is 12.4 Å². The number of hydrogen-bond acceptors (Lipinski definition) is 7. The number of aromatic carboxylic acids is 1. The van der Waals surface area contributed by atoms with Gasteiger partial charge >= 0.3 is 11.7 Å². The number of pyridine rings is 1. The first-order chi connectivity index (χ1) is 21.6. The average Bonchev–Trinajstić information content (AvgIpc) is 3.01. The summed E-state index contributed by atoms with van der Waals surface area (Å²) < 4.78 is 16.3. The molecule has 0 saturated carbocycles. The summed E-state index contributed by atoms with van der Waals surface area (Å²) in [5.74, 6) is -1.54. The van der Waals surface area contributed by atoms with E-state index in [1.807, 2.05) is 30.0 Å². The highest BCUT2D eigenvalue weighted by atomic mass is 35.5. The molecule has 0 unspecified atom stereocenters. The molecule has 0 aliphatic carbocycles. The van der Waals surface area contributed by atoms with E-state index in [0.29, 0.717) is 68.3 Å². The Morgan fingerprint density at radius 3 is 2.33 bits per heavy atom. The van der Waals surface area contributed by atoms with Gasteiger partial charge in [-0.1, -0.05) is 19.9 Å². The number of nitrogens with zero attached hydrogens (tertiary/aromatic N) is 3. The van der Waals surface area contributed by atoms with E-state index in [1.54, 1.807) is 13.0 Å². The maximum Gasteiger partial charge on any atom is 0.341 e. The largest absolute Gasteiger partial charge is 0.477 e. The van der Waals surface area contributed by atoms with E-state index in [2.05, 4.69) is 27.1 Å². The number of carbonyl (C=O) groups is 1. The summed E-state index contributed by atoms with van der Waals surface area (Å²) in [5, 5.41) is 12.6. The van der Waals surface area contributed by atoms with Gasteiger partial charge in [-0.05, 0) is 74.5 Å². The summed E-state index contributed by atoms with van der Waals surface area (Å²) in [7, 11) is 0. The van der Waals surface area contributed by atoms with Crippen molar-refractivity contribution in [2.45, 2.75) is 53.0 Å². The van der Waals surface area contributed by atoms with Crippen LogP contribution in [0.1, 0.15) is 53.9 Å². The third-order valence-electron chi connectivity index (χ3n) is 8.56. The predicted octanol–water partition coefficient (Wildman–Crippen LogP) is 4.42. The minimum absolute atomic E-state index is 0. The standard InChI is InChI=1S/C33H39FN6O5.ClH/c1-4-21-16-22(9-8-20(21)3)35-28-19-29(41)40(33(45)37-28)11-7-6-10-38-12-14-39(15-13-38)27-18-26-23(17-24(27)34)31(42)30(32(43)44)25(5-2)36-26;/h8-9,16-19,35H,4-7,10-15H2,1-3H3,(H,36,42)(H,37,45)(H,43,44);1H. The molecular formula is C33H40ClFN6O5. The maximum absolute atomic E-state index is 15.1. The third-order valence-corrected chi connectivity index (χ3v) is 8.56. The summed E-state index contributed by atoms with van der Waals surface area (Å²) in [5.41, 5.74) is 2.44. The summed E-state index contributed by atoms with van der Waals surface area (Å²) in [6.45, 7) is 9.53. The first-order valence-corrected chi connectivity index (χ1v) is 15.4. The van der Waals surface area contributed by atoms with Gasteiger partial charge in [-0.2, -0.15) is 0 Å². The number of carboxylic acid groups (broad SMARTS) is 1. The SMILES string of the molecule is CCc1cc(Nc2cc(=O)n(CCCCN3CCN(c4cc5[nH]c(CC)c(C(=O)O)c(=O)c5cc4F)CC3)c(=O)[nH]2)ccc1C.Cl. The number of rotatable bonds is 11. The quantitative estimate of drug-likeness (QED) is 0.174. The Labute approximate surface area is 271 Å². The van der Waals surface area contributed by atoms with E-state index in [0.717, 1.165) is 31.1 Å². The second-order valence-corrected chi connectivity index (χ2v) is 11.4. The lowest BCUT2D eigenvalue weighted by Gasteiger charge is -2.36. The highest BCUT2D eigenvalue weighted by Gasteiger charge is 2.23. The van der Waals surface area contributed by atoms with Crippen molar-refractivity contribution < 1.29 is 14.3 Å². The molecule has 1 aliphatic heterocycles. The zero-order chi connectivity index (χ0) is 32.2. The number of aromatic nitrogens is 3. The molecule has 1 aliphatic rings. The molecule has 2 aromatic carbocycles. The van der Waals surface area contributed by atoms with Crippen molar-refractivity contribution in [2.24, 2.45) is 0 Å². The number of anilines is 3. The molecule has 4 aromatic rings. The van der Waals surface area contributed by atoms with Crippen LogP contribution in [0, 0.1) is 12.7 Å². The number of aryl methyl sites for hydroxylation is 3. The molecule has 0 atom stereocenters. The van der Waals surface area contributed by atoms with E-state index in [9.17, 15) is 24.3 Å². The maximum atomic E-state index is 15.1. The van der Waals surface area contributed by atoms with Crippen molar-refractivity contribution in [1.29, 1.82) is 0 Å². The summed E-state index contributed by atoms with van der Waals surface area (Å²) >= 11 is 0. The highest BCUT2D eigenvalue weighted by molar-refractivity contribution is 5.94. The molecule has 1 saturated heterocycles. The number of halogens is 2. The molecule has 0 amide bonds. The van der Waals surface area contributed by atoms with Crippen molar-refractivity contribution in [3.05, 3.63) is 95.7 Å². The van der Waals surface area contributed by atoms with Gasteiger partial charge in [0.15, 0.2) is 0 Å². The van der Waals surface area contributed by atoms with Crippen molar-refractivity contribution >= 4 is 46.5 Å². The van der Waals surface area contributed by atoms with E-state index in [4.69, 9.17) is 0 Å². The van der Waals surface area contributed by atoms with Crippen molar-refractivity contribution in [1.82, 2.24) is 19.4 Å². The van der Waals surface area contributed by atoms with Gasteiger partial charge in [0.05, 0.1) is 11.2 Å². The van der Waals surface area contributed by atoms with Gasteiger partial charge in [0.2, 0.25) is 5.43 Å². The minimum atomic E-state index is -1.33. The van der Waals surface area contributed by atoms with Crippen LogP contribution in [0.5, 0.6) is 0 Å². The first kappa shape index (κ1) is 34.5. The number of unbranched alkanes of at least 4 members (excludes halogenated alkanes) is 1. The van der Waals surface area contributed by atoms with Crippen LogP contribution in [0.15, 0.2) is 50.8 Å². The number of H-pyrrole nitrogens is 2. The van der Waals surface area contributed by atoms with Gasteiger partial charge in [0, 0.05) is 55.6 Å². The molecule has 246 valence electrons. The molecule has 3 heterocycles. The second kappa shape index (κ2) is 14.8. The van der Waals surface area contributed by atoms with Gasteiger partial charge in [-0.3, -0.25) is 24.0 Å². The first-order valence-electron chi connectivity index (χ1n) is 15.4. The monoisotopic (exact) mass is 654 g/mol. The molecule has 4 N–H and O–H groups in total. The molecule has 2 aromatic heterocycles. The molecule has 1 fully saturated rings. The molecule has 46 heavy (non-hydrogen) atoms. The Morgan fingerprint density at radius 2 is 1.67 bits per heavy atom. The number of fused-ring (bicyclic) bond motifs is 1. The van der Waals surface area contributed by atoms with Crippen LogP contribution in [0.3, 0.4) is 0 Å². The Hall–Kier alpha value is -4.42. The minimum Gasteiger partial charge on any atom is -0.477 e. The van der Waals surface area contributed by atoms with Crippen LogP contribution in [0.2, 0.25) is 0 Å². The van der Waals surface area contributed by atoms with Crippen LogP contribution in [0.4, 0.5) is 21.6 Å². The highest BCUT2D eigenvalue weighted by Crippen LogP contribution is 2.26. The lowest BCUT2D eigenvalue weighted by atomic mass is 10.1. The number of aromatic amines is 2. The van der Waals surface area contributed by atoms with Crippen molar-refractivity contribution in [3.63, 3.8) is 0 Å². The molecule has 0 spiro atoms. The normalized spacial score (nSPS) is 13.5. The lowest BCUT2D eigenvalue weighted by molar-refractivity contribution is 0.0694. The van der Waals surface area contributed by atoms with Crippen LogP contribution in [-0.4, -0.2) is 63.2 Å². The van der Waals surface area contributed by atoms with Gasteiger partial charge < -0.3 is 20.3 Å². The number of benzene rings is 2. The Balaban J connectivity index is 0.00000480. The van der Waals surface area contributed by atoms with Crippen LogP contribution in [-0.2, 0) is 19.4 Å². The summed E-state index contributed by atoms with van der Waals surface area (Å²) in [6, 6.07) is 10.1. The van der Waals surface area contributed by atoms with Crippen LogP contribution < -0.4 is 26.9 Å². The Bertz CT molecular complexity index is 1880. The van der Waals surface area contributed by atoms with Crippen molar-refractivity contribution in [2.75, 3.05) is 42.9 Å². The van der Waals surface area contributed by atoms with Crippen LogP contribution in [0.25, 0.3) is 10.9 Å². The molecular weight excluding hydrogens is 615 g/mol. The Morgan fingerprint density at radius 1 is 0.957 bits per heavy atom. The molecule has 5 rings (SSSR count). The predicted molar refractivity (Wildman–Crippen MR) is 181 cm³/mol. The Kier molecular flexibility index (Phi) is 11.1. The van der Waals surface area contributed by atoms with E-state index >= 15 is 4.39 Å². The van der Waals surface area contributed by atoms with E-state index < -0.39 is 22.9 Å². The summed E-state index contributed by atoms with van der Waals surface area (Å²) in [4.78, 5) is 59.7. The number of carboxylic acids is 1. The smallest absolute Gasteiger partial charge is 0.341 e. The van der Waals surface area contributed by atoms with Gasteiger partial charge in [-0.25, -0.2) is 14.0 Å². The fourth-order valence-corrected chi connectivity index (χ4v) is 5.99. The molecule has 13 heteroatoms. The summed E-state index contributed by atoms with van der Waals surface area (Å²) in [6.07, 6.45) is 2.65. The molecule has 0 bridgehead atoms. The van der Waals surface area contributed by atoms with Crippen molar-refractivity contribution in [3.8, 4) is 0 Å². The topological polar surface area (TPSA) is 144 Å². The third kappa shape index (κ3) is 7.34. The second-order valence-electron chi connectivity index (χ2n) is 11.4. The average molecular weight is 655 g/mol. The number of nitrogens with one attached hydrogen (secondary N) is 3. The molecule has 11 nitrogen and oxygen atoms in total. The van der Waals surface area contributed by atoms with E-state index in [-0.39, 0.29) is 28.9 Å². The van der Waals surface area contributed by atoms with Crippen LogP contribution >= 0.6 is 12.4 Å². The molecule has 0 radical (unpaired) electrons.